The van der Waals surface area contributed by atoms with Gasteiger partial charge in [-0.15, -0.1) is 5.10 Å². The van der Waals surface area contributed by atoms with Crippen molar-refractivity contribution in [1.29, 1.82) is 0 Å². The largest absolute Gasteiger partial charge is 0.490 e. The number of piperidine rings is 1. The fraction of sp³-hybridized carbons (Fsp3) is 0.526. The van der Waals surface area contributed by atoms with Gasteiger partial charge in [-0.25, -0.2) is 13.9 Å². The number of aliphatic carboxylic acids is 1. The number of halogens is 5. The van der Waals surface area contributed by atoms with Crippen LogP contribution in [0.2, 0.25) is 5.02 Å². The van der Waals surface area contributed by atoms with E-state index in [1.54, 1.807) is 18.2 Å². The zero-order chi connectivity index (χ0) is 23.0. The number of rotatable bonds is 6. The Hall–Kier alpha value is -2.24. The van der Waals surface area contributed by atoms with Gasteiger partial charge in [0.15, 0.2) is 0 Å². The third-order valence-corrected chi connectivity index (χ3v) is 5.04. The van der Waals surface area contributed by atoms with Gasteiger partial charge in [-0.3, -0.25) is 4.90 Å². The number of likely N-dealkylation sites (tertiary alicyclic amines) is 1. The molecule has 0 atom stereocenters. The predicted molar refractivity (Wildman–Crippen MR) is 104 cm³/mol. The molecule has 1 aromatic heterocycles. The number of carbonyl (C=O) groups is 1. The van der Waals surface area contributed by atoms with E-state index in [1.807, 2.05) is 10.9 Å². The summed E-state index contributed by atoms with van der Waals surface area (Å²) in [4.78, 5) is 11.1. The molecule has 1 aliphatic rings. The average Bonchev–Trinajstić information content (AvgIpc) is 3.19. The molecule has 1 aromatic carbocycles. The van der Waals surface area contributed by atoms with Crippen LogP contribution in [-0.2, 0) is 17.8 Å². The van der Waals surface area contributed by atoms with Crippen LogP contribution in [-0.4, -0.2) is 61.9 Å². The van der Waals surface area contributed by atoms with E-state index in [2.05, 4.69) is 15.2 Å². The van der Waals surface area contributed by atoms with Crippen molar-refractivity contribution in [3.63, 3.8) is 0 Å². The molecule has 7 nitrogen and oxygen atoms in total. The van der Waals surface area contributed by atoms with Gasteiger partial charge in [0.25, 0.3) is 0 Å². The molecule has 31 heavy (non-hydrogen) atoms. The van der Waals surface area contributed by atoms with Crippen LogP contribution in [0.1, 0.15) is 36.6 Å². The molecule has 1 fully saturated rings. The number of alkyl halides is 3. The lowest BCUT2D eigenvalue weighted by Gasteiger charge is -2.31. The topological polar surface area (TPSA) is 91.5 Å². The Labute approximate surface area is 181 Å². The summed E-state index contributed by atoms with van der Waals surface area (Å²) >= 11 is 5.85. The van der Waals surface area contributed by atoms with Crippen molar-refractivity contribution in [1.82, 2.24) is 19.9 Å². The first-order chi connectivity index (χ1) is 14.6. The molecule has 0 bridgehead atoms. The van der Waals surface area contributed by atoms with E-state index < -0.39 is 12.1 Å². The maximum absolute atomic E-state index is 14.0. The molecule has 2 N–H and O–H groups in total. The van der Waals surface area contributed by atoms with Gasteiger partial charge in [0.1, 0.15) is 5.82 Å². The van der Waals surface area contributed by atoms with Crippen molar-refractivity contribution in [3.8, 4) is 0 Å². The van der Waals surface area contributed by atoms with Crippen LogP contribution in [0, 0.1) is 5.82 Å². The smallest absolute Gasteiger partial charge is 0.475 e. The lowest BCUT2D eigenvalue weighted by molar-refractivity contribution is -0.192. The molecule has 0 unspecified atom stereocenters. The molecule has 12 heteroatoms. The first kappa shape index (κ1) is 25.0. The van der Waals surface area contributed by atoms with Gasteiger partial charge in [-0.05, 0) is 31.7 Å². The summed E-state index contributed by atoms with van der Waals surface area (Å²) in [6, 6.07) is 5.49. The molecule has 0 amide bonds. The summed E-state index contributed by atoms with van der Waals surface area (Å²) in [5.74, 6) is -3.07. The molecule has 1 saturated heterocycles. The maximum atomic E-state index is 14.0. The Morgan fingerprint density at radius 1 is 1.26 bits per heavy atom. The highest BCUT2D eigenvalue weighted by Gasteiger charge is 2.38. The predicted octanol–water partition coefficient (Wildman–Crippen LogP) is 3.47. The monoisotopic (exact) mass is 466 g/mol. The molecule has 0 spiro atoms. The first-order valence-corrected chi connectivity index (χ1v) is 9.96. The molecule has 2 heterocycles. The number of aliphatic hydroxyl groups is 1. The second kappa shape index (κ2) is 11.4. The van der Waals surface area contributed by atoms with Crippen molar-refractivity contribution in [3.05, 3.63) is 46.5 Å². The van der Waals surface area contributed by atoms with Crippen molar-refractivity contribution in [2.45, 2.75) is 44.4 Å². The van der Waals surface area contributed by atoms with Crippen LogP contribution in [0.15, 0.2) is 24.4 Å². The molecule has 172 valence electrons. The van der Waals surface area contributed by atoms with Crippen LogP contribution in [0.5, 0.6) is 0 Å². The quantitative estimate of drug-likeness (QED) is 0.633. The summed E-state index contributed by atoms with van der Waals surface area (Å²) in [5, 5.41) is 24.6. The Bertz CT molecular complexity index is 855. The first-order valence-electron chi connectivity index (χ1n) is 9.58. The fourth-order valence-electron chi connectivity index (χ4n) is 3.12. The van der Waals surface area contributed by atoms with E-state index >= 15 is 0 Å². The van der Waals surface area contributed by atoms with Gasteiger partial charge in [-0.2, -0.15) is 13.2 Å². The summed E-state index contributed by atoms with van der Waals surface area (Å²) in [6.45, 7) is 2.54. The molecule has 0 saturated carbocycles. The summed E-state index contributed by atoms with van der Waals surface area (Å²) < 4.78 is 47.7. The van der Waals surface area contributed by atoms with Crippen LogP contribution >= 0.6 is 11.6 Å². The van der Waals surface area contributed by atoms with E-state index in [4.69, 9.17) is 26.6 Å². The van der Waals surface area contributed by atoms with E-state index in [0.717, 1.165) is 38.0 Å². The highest BCUT2D eigenvalue weighted by atomic mass is 35.5. The number of carboxylic acids is 1. The third-order valence-electron chi connectivity index (χ3n) is 4.75. The number of benzene rings is 1. The van der Waals surface area contributed by atoms with Gasteiger partial charge >= 0.3 is 12.1 Å². The minimum atomic E-state index is -5.08. The van der Waals surface area contributed by atoms with E-state index in [-0.39, 0.29) is 17.4 Å². The standard InChI is InChI=1S/C17H22ClFN4O.C2HF3O2/c18-16-5-1-3-13(17(16)19)11-22-8-6-15(7-9-22)23-12-14(20-21-23)4-2-10-24;3-2(4,5)1(6)7/h1,3,5,12,15,24H,2,4,6-11H2;(H,6,7). The zero-order valence-corrected chi connectivity index (χ0v) is 17.3. The number of carboxylic acid groups (broad SMARTS) is 1. The molecular formula is C19H23ClF4N4O3. The number of hydrogen-bond donors (Lipinski definition) is 2. The minimum absolute atomic E-state index is 0.172. The Morgan fingerprint density at radius 2 is 1.90 bits per heavy atom. The highest BCUT2D eigenvalue weighted by Crippen LogP contribution is 2.25. The normalized spacial score (nSPS) is 15.4. The molecule has 2 aromatic rings. The van der Waals surface area contributed by atoms with Crippen LogP contribution in [0.4, 0.5) is 17.6 Å². The Morgan fingerprint density at radius 3 is 2.48 bits per heavy atom. The van der Waals surface area contributed by atoms with Gasteiger partial charge in [0, 0.05) is 38.0 Å². The number of aryl methyl sites for hydroxylation is 1. The molecular weight excluding hydrogens is 444 g/mol. The molecule has 1 aliphatic heterocycles. The fourth-order valence-corrected chi connectivity index (χ4v) is 3.31. The summed E-state index contributed by atoms with van der Waals surface area (Å²) in [5.41, 5.74) is 1.57. The van der Waals surface area contributed by atoms with Crippen molar-refractivity contribution >= 4 is 17.6 Å². The second-order valence-corrected chi connectivity index (χ2v) is 7.45. The Kier molecular flexibility index (Phi) is 9.20. The van der Waals surface area contributed by atoms with Crippen molar-refractivity contribution in [2.24, 2.45) is 0 Å². The number of nitrogens with zero attached hydrogens (tertiary/aromatic N) is 4. The molecule has 0 aliphatic carbocycles. The molecule has 3 rings (SSSR count). The van der Waals surface area contributed by atoms with Crippen molar-refractivity contribution in [2.75, 3.05) is 19.7 Å². The van der Waals surface area contributed by atoms with Crippen LogP contribution < -0.4 is 0 Å². The second-order valence-electron chi connectivity index (χ2n) is 7.04. The van der Waals surface area contributed by atoms with E-state index in [9.17, 15) is 17.6 Å². The average molecular weight is 467 g/mol. The SMILES string of the molecule is O=C(O)C(F)(F)F.OCCCc1cn(C2CCN(Cc3cccc(Cl)c3F)CC2)nn1. The number of aliphatic hydroxyl groups excluding tert-OH is 1. The number of hydrogen-bond acceptors (Lipinski definition) is 5. The zero-order valence-electron chi connectivity index (χ0n) is 16.5. The van der Waals surface area contributed by atoms with Gasteiger partial charge in [-0.1, -0.05) is 28.9 Å². The number of aromatic nitrogens is 3. The summed E-state index contributed by atoms with van der Waals surface area (Å²) in [7, 11) is 0. The maximum Gasteiger partial charge on any atom is 0.490 e. The lowest BCUT2D eigenvalue weighted by atomic mass is 10.0. The van der Waals surface area contributed by atoms with Gasteiger partial charge < -0.3 is 10.2 Å². The summed E-state index contributed by atoms with van der Waals surface area (Å²) in [6.07, 6.45) is 0.286. The van der Waals surface area contributed by atoms with Gasteiger partial charge in [0.2, 0.25) is 0 Å². The third kappa shape index (κ3) is 7.75. The molecule has 0 radical (unpaired) electrons. The lowest BCUT2D eigenvalue weighted by Crippen LogP contribution is -2.34. The minimum Gasteiger partial charge on any atom is -0.475 e. The van der Waals surface area contributed by atoms with Crippen LogP contribution in [0.25, 0.3) is 0 Å². The van der Waals surface area contributed by atoms with E-state index in [1.165, 1.54) is 0 Å². The van der Waals surface area contributed by atoms with Crippen molar-refractivity contribution < 1.29 is 32.6 Å². The Balaban J connectivity index is 0.000000423. The van der Waals surface area contributed by atoms with Crippen LogP contribution in [0.3, 0.4) is 0 Å². The highest BCUT2D eigenvalue weighted by molar-refractivity contribution is 6.30. The van der Waals surface area contributed by atoms with E-state index in [0.29, 0.717) is 24.6 Å². The van der Waals surface area contributed by atoms with Gasteiger partial charge in [0.05, 0.1) is 16.8 Å².